The zero-order valence-corrected chi connectivity index (χ0v) is 9.56. The van der Waals surface area contributed by atoms with Crippen LogP contribution in [0.25, 0.3) is 0 Å². The van der Waals surface area contributed by atoms with E-state index >= 15 is 0 Å². The number of carbonyl (C=O) groups is 1. The summed E-state index contributed by atoms with van der Waals surface area (Å²) in [6, 6.07) is 1.38. The van der Waals surface area contributed by atoms with Crippen LogP contribution in [0.5, 0.6) is 0 Å². The van der Waals surface area contributed by atoms with Crippen molar-refractivity contribution >= 4 is 23.4 Å². The standard InChI is InChI=1S/C10H14ClN3O/c1-3-7-6-13-9(5-8(7)11)14-10(15)12-4-2/h5-6H,3-4H2,1-2H3,(H2,12,13,14,15). The molecule has 0 radical (unpaired) electrons. The quantitative estimate of drug-likeness (QED) is 0.834. The van der Waals surface area contributed by atoms with Crippen LogP contribution in [0.1, 0.15) is 19.4 Å². The third kappa shape index (κ3) is 3.40. The Morgan fingerprint density at radius 2 is 2.27 bits per heavy atom. The molecule has 0 aliphatic carbocycles. The minimum atomic E-state index is -0.273. The monoisotopic (exact) mass is 227 g/mol. The fourth-order valence-electron chi connectivity index (χ4n) is 1.11. The van der Waals surface area contributed by atoms with Crippen molar-refractivity contribution in [2.75, 3.05) is 11.9 Å². The van der Waals surface area contributed by atoms with Crippen LogP contribution in [-0.2, 0) is 6.42 Å². The summed E-state index contributed by atoms with van der Waals surface area (Å²) in [5.74, 6) is 0.461. The third-order valence-corrected chi connectivity index (χ3v) is 2.24. The maximum atomic E-state index is 11.2. The number of nitrogens with one attached hydrogen (secondary N) is 2. The van der Waals surface area contributed by atoms with Gasteiger partial charge in [0.2, 0.25) is 0 Å². The van der Waals surface area contributed by atoms with Crippen LogP contribution in [0, 0.1) is 0 Å². The molecule has 0 fully saturated rings. The number of aromatic nitrogens is 1. The molecular formula is C10H14ClN3O. The average Bonchev–Trinajstić information content (AvgIpc) is 2.18. The molecule has 0 aromatic carbocycles. The maximum Gasteiger partial charge on any atom is 0.320 e. The Hall–Kier alpha value is -1.29. The van der Waals surface area contributed by atoms with E-state index < -0.39 is 0 Å². The van der Waals surface area contributed by atoms with E-state index in [0.717, 1.165) is 12.0 Å². The van der Waals surface area contributed by atoms with Crippen molar-refractivity contribution in [3.8, 4) is 0 Å². The molecule has 0 saturated heterocycles. The van der Waals surface area contributed by atoms with E-state index in [0.29, 0.717) is 17.4 Å². The molecule has 0 spiro atoms. The Morgan fingerprint density at radius 3 is 2.80 bits per heavy atom. The first kappa shape index (κ1) is 11.8. The molecule has 0 aliphatic rings. The van der Waals surface area contributed by atoms with Gasteiger partial charge in [0.15, 0.2) is 0 Å². The van der Waals surface area contributed by atoms with Crippen molar-refractivity contribution in [3.63, 3.8) is 0 Å². The van der Waals surface area contributed by atoms with E-state index in [1.54, 1.807) is 12.3 Å². The second-order valence-electron chi connectivity index (χ2n) is 3.00. The van der Waals surface area contributed by atoms with Crippen LogP contribution in [0.3, 0.4) is 0 Å². The van der Waals surface area contributed by atoms with Crippen molar-refractivity contribution in [1.29, 1.82) is 0 Å². The highest BCUT2D eigenvalue weighted by Crippen LogP contribution is 2.18. The minimum absolute atomic E-state index is 0.273. The number of hydrogen-bond acceptors (Lipinski definition) is 2. The fourth-order valence-corrected chi connectivity index (χ4v) is 1.39. The predicted octanol–water partition coefficient (Wildman–Crippen LogP) is 2.44. The van der Waals surface area contributed by atoms with Gasteiger partial charge in [-0.2, -0.15) is 0 Å². The minimum Gasteiger partial charge on any atom is -0.338 e. The van der Waals surface area contributed by atoms with Crippen LogP contribution in [0.4, 0.5) is 10.6 Å². The van der Waals surface area contributed by atoms with Crippen molar-refractivity contribution in [1.82, 2.24) is 10.3 Å². The molecule has 1 aromatic heterocycles. The highest BCUT2D eigenvalue weighted by atomic mass is 35.5. The number of nitrogens with zero attached hydrogens (tertiary/aromatic N) is 1. The SMILES string of the molecule is CCNC(=O)Nc1cc(Cl)c(CC)cn1. The first-order chi connectivity index (χ1) is 7.17. The second-order valence-corrected chi connectivity index (χ2v) is 3.41. The molecular weight excluding hydrogens is 214 g/mol. The van der Waals surface area contributed by atoms with Gasteiger partial charge < -0.3 is 5.32 Å². The molecule has 2 N–H and O–H groups in total. The van der Waals surface area contributed by atoms with Crippen LogP contribution in [-0.4, -0.2) is 17.6 Å². The number of halogens is 1. The van der Waals surface area contributed by atoms with Gasteiger partial charge in [-0.15, -0.1) is 0 Å². The Labute approximate surface area is 94.0 Å². The van der Waals surface area contributed by atoms with Gasteiger partial charge >= 0.3 is 6.03 Å². The lowest BCUT2D eigenvalue weighted by molar-refractivity contribution is 0.252. The Balaban J connectivity index is 2.71. The van der Waals surface area contributed by atoms with E-state index in [-0.39, 0.29) is 6.03 Å². The average molecular weight is 228 g/mol. The van der Waals surface area contributed by atoms with Gasteiger partial charge in [0.1, 0.15) is 5.82 Å². The number of pyridine rings is 1. The molecule has 82 valence electrons. The lowest BCUT2D eigenvalue weighted by Crippen LogP contribution is -2.28. The summed E-state index contributed by atoms with van der Waals surface area (Å²) in [5, 5.41) is 5.82. The van der Waals surface area contributed by atoms with Crippen molar-refractivity contribution < 1.29 is 4.79 Å². The van der Waals surface area contributed by atoms with Crippen LogP contribution >= 0.6 is 11.6 Å². The number of urea groups is 1. The van der Waals surface area contributed by atoms with Crippen LogP contribution in [0.2, 0.25) is 5.02 Å². The van der Waals surface area contributed by atoms with E-state index in [4.69, 9.17) is 11.6 Å². The largest absolute Gasteiger partial charge is 0.338 e. The van der Waals surface area contributed by atoms with E-state index in [9.17, 15) is 4.79 Å². The smallest absolute Gasteiger partial charge is 0.320 e. The molecule has 4 nitrogen and oxygen atoms in total. The highest BCUT2D eigenvalue weighted by Gasteiger charge is 2.04. The van der Waals surface area contributed by atoms with Crippen molar-refractivity contribution in [2.24, 2.45) is 0 Å². The summed E-state index contributed by atoms with van der Waals surface area (Å²) in [6.45, 7) is 4.42. The molecule has 2 amide bonds. The molecule has 1 aromatic rings. The van der Waals surface area contributed by atoms with Gasteiger partial charge in [0.25, 0.3) is 0 Å². The van der Waals surface area contributed by atoms with Gasteiger partial charge in [-0.05, 0) is 25.0 Å². The third-order valence-electron chi connectivity index (χ3n) is 1.89. The predicted molar refractivity (Wildman–Crippen MR) is 61.3 cm³/mol. The first-order valence-electron chi connectivity index (χ1n) is 4.86. The summed E-state index contributed by atoms with van der Waals surface area (Å²) >= 11 is 5.98. The van der Waals surface area contributed by atoms with Gasteiger partial charge in [-0.3, -0.25) is 5.32 Å². The van der Waals surface area contributed by atoms with Gasteiger partial charge in [-0.1, -0.05) is 18.5 Å². The normalized spacial score (nSPS) is 9.80. The van der Waals surface area contributed by atoms with Gasteiger partial charge in [0.05, 0.1) is 0 Å². The summed E-state index contributed by atoms with van der Waals surface area (Å²) < 4.78 is 0. The summed E-state index contributed by atoms with van der Waals surface area (Å²) in [5.41, 5.74) is 0.970. The van der Waals surface area contributed by atoms with E-state index in [1.807, 2.05) is 13.8 Å². The molecule has 0 bridgehead atoms. The number of carbonyl (C=O) groups excluding carboxylic acids is 1. The molecule has 5 heteroatoms. The number of amides is 2. The zero-order valence-electron chi connectivity index (χ0n) is 8.80. The number of aryl methyl sites for hydroxylation is 1. The summed E-state index contributed by atoms with van der Waals surface area (Å²) in [7, 11) is 0. The molecule has 0 saturated carbocycles. The van der Waals surface area contributed by atoms with E-state index in [2.05, 4.69) is 15.6 Å². The molecule has 0 aliphatic heterocycles. The van der Waals surface area contributed by atoms with Gasteiger partial charge in [0, 0.05) is 17.8 Å². The summed E-state index contributed by atoms with van der Waals surface area (Å²) in [4.78, 5) is 15.2. The fraction of sp³-hybridized carbons (Fsp3) is 0.400. The first-order valence-corrected chi connectivity index (χ1v) is 5.24. The lowest BCUT2D eigenvalue weighted by Gasteiger charge is -2.06. The molecule has 0 atom stereocenters. The zero-order chi connectivity index (χ0) is 11.3. The molecule has 15 heavy (non-hydrogen) atoms. The lowest BCUT2D eigenvalue weighted by atomic mass is 10.2. The van der Waals surface area contributed by atoms with E-state index in [1.165, 1.54) is 0 Å². The van der Waals surface area contributed by atoms with Crippen molar-refractivity contribution in [3.05, 3.63) is 22.8 Å². The summed E-state index contributed by atoms with van der Waals surface area (Å²) in [6.07, 6.45) is 2.50. The second kappa shape index (κ2) is 5.56. The number of hydrogen-bond donors (Lipinski definition) is 2. The highest BCUT2D eigenvalue weighted by molar-refractivity contribution is 6.31. The Bertz CT molecular complexity index is 355. The molecule has 1 rings (SSSR count). The molecule has 1 heterocycles. The number of rotatable bonds is 3. The topological polar surface area (TPSA) is 54.0 Å². The van der Waals surface area contributed by atoms with Crippen LogP contribution < -0.4 is 10.6 Å². The molecule has 0 unspecified atom stereocenters. The number of anilines is 1. The van der Waals surface area contributed by atoms with Crippen LogP contribution in [0.15, 0.2) is 12.3 Å². The Morgan fingerprint density at radius 1 is 1.53 bits per heavy atom. The maximum absolute atomic E-state index is 11.2. The van der Waals surface area contributed by atoms with Gasteiger partial charge in [-0.25, -0.2) is 9.78 Å². The van der Waals surface area contributed by atoms with Crippen molar-refractivity contribution in [2.45, 2.75) is 20.3 Å². The Kier molecular flexibility index (Phi) is 4.37.